The number of thiazole rings is 1. The molecule has 0 radical (unpaired) electrons. The van der Waals surface area contributed by atoms with Crippen molar-refractivity contribution in [3.05, 3.63) is 10.6 Å². The first-order chi connectivity index (χ1) is 10.4. The Kier molecular flexibility index (Phi) is 4.31. The Bertz CT molecular complexity index is 564. The zero-order valence-electron chi connectivity index (χ0n) is 12.4. The smallest absolute Gasteiger partial charge is 0.323 e. The minimum Gasteiger partial charge on any atom is -0.373 e. The number of halogens is 2. The predicted octanol–water partition coefficient (Wildman–Crippen LogP) is 2.77. The molecule has 1 fully saturated rings. The van der Waals surface area contributed by atoms with E-state index in [1.807, 2.05) is 0 Å². The SMILES string of the molecule is CC1CCc2nc(NC(=O)N3CCOCC(F)(F)C3)sc2C1. The summed E-state index contributed by atoms with van der Waals surface area (Å²) in [6, 6.07) is -0.538. The van der Waals surface area contributed by atoms with E-state index in [9.17, 15) is 13.6 Å². The lowest BCUT2D eigenvalue weighted by atomic mass is 9.93. The van der Waals surface area contributed by atoms with Gasteiger partial charge in [0.15, 0.2) is 5.13 Å². The fourth-order valence-electron chi connectivity index (χ4n) is 2.74. The molecule has 3 rings (SSSR count). The number of anilines is 1. The van der Waals surface area contributed by atoms with E-state index < -0.39 is 25.1 Å². The monoisotopic (exact) mass is 331 g/mol. The van der Waals surface area contributed by atoms with Crippen LogP contribution < -0.4 is 5.32 Å². The number of amides is 2. The molecule has 122 valence electrons. The van der Waals surface area contributed by atoms with Gasteiger partial charge in [-0.3, -0.25) is 5.32 Å². The standard InChI is InChI=1S/C14H19F2N3O2S/c1-9-2-3-10-11(6-9)22-12(17-10)18-13(20)19-4-5-21-8-14(15,16)7-19/h9H,2-8H2,1H3,(H,17,18,20). The second-order valence-electron chi connectivity index (χ2n) is 6.00. The summed E-state index contributed by atoms with van der Waals surface area (Å²) in [6.07, 6.45) is 2.98. The van der Waals surface area contributed by atoms with E-state index in [4.69, 9.17) is 4.74 Å². The summed E-state index contributed by atoms with van der Waals surface area (Å²) in [5, 5.41) is 3.15. The topological polar surface area (TPSA) is 54.5 Å². The summed E-state index contributed by atoms with van der Waals surface area (Å²) in [7, 11) is 0. The fourth-order valence-corrected chi connectivity index (χ4v) is 3.90. The minimum absolute atomic E-state index is 0.120. The first kappa shape index (κ1) is 15.6. The van der Waals surface area contributed by atoms with E-state index in [1.54, 1.807) is 0 Å². The second-order valence-corrected chi connectivity index (χ2v) is 7.08. The maximum absolute atomic E-state index is 13.5. The van der Waals surface area contributed by atoms with Gasteiger partial charge in [0.2, 0.25) is 0 Å². The number of fused-ring (bicyclic) bond motifs is 1. The Morgan fingerprint density at radius 2 is 2.36 bits per heavy atom. The van der Waals surface area contributed by atoms with Crippen LogP contribution in [0.5, 0.6) is 0 Å². The number of hydrogen-bond donors (Lipinski definition) is 1. The van der Waals surface area contributed by atoms with Gasteiger partial charge in [0, 0.05) is 11.4 Å². The zero-order valence-corrected chi connectivity index (χ0v) is 13.2. The number of nitrogens with zero attached hydrogens (tertiary/aromatic N) is 2. The van der Waals surface area contributed by atoms with Crippen LogP contribution in [0.15, 0.2) is 0 Å². The number of aromatic nitrogens is 1. The molecule has 22 heavy (non-hydrogen) atoms. The Morgan fingerprint density at radius 3 is 3.18 bits per heavy atom. The van der Waals surface area contributed by atoms with E-state index in [0.29, 0.717) is 11.0 Å². The largest absolute Gasteiger partial charge is 0.373 e. The summed E-state index contributed by atoms with van der Waals surface area (Å²) < 4.78 is 31.8. The number of aryl methyl sites for hydroxylation is 1. The van der Waals surface area contributed by atoms with Gasteiger partial charge in [0.05, 0.1) is 18.8 Å². The van der Waals surface area contributed by atoms with Crippen molar-refractivity contribution in [3.63, 3.8) is 0 Å². The quantitative estimate of drug-likeness (QED) is 0.861. The maximum Gasteiger partial charge on any atom is 0.323 e. The normalized spacial score (nSPS) is 24.5. The van der Waals surface area contributed by atoms with Crippen molar-refractivity contribution in [2.24, 2.45) is 5.92 Å². The molecule has 0 saturated carbocycles. The van der Waals surface area contributed by atoms with Crippen LogP contribution in [0.4, 0.5) is 18.7 Å². The van der Waals surface area contributed by atoms with Crippen molar-refractivity contribution in [3.8, 4) is 0 Å². The lowest BCUT2D eigenvalue weighted by Gasteiger charge is -2.22. The van der Waals surface area contributed by atoms with Crippen LogP contribution in [0.25, 0.3) is 0 Å². The molecule has 1 saturated heterocycles. The van der Waals surface area contributed by atoms with E-state index in [-0.39, 0.29) is 13.2 Å². The van der Waals surface area contributed by atoms with Gasteiger partial charge in [-0.05, 0) is 25.2 Å². The number of alkyl halides is 2. The Balaban J connectivity index is 1.66. The van der Waals surface area contributed by atoms with Crippen molar-refractivity contribution >= 4 is 22.5 Å². The van der Waals surface area contributed by atoms with Gasteiger partial charge in [-0.15, -0.1) is 11.3 Å². The second kappa shape index (κ2) is 6.08. The predicted molar refractivity (Wildman–Crippen MR) is 79.7 cm³/mol. The molecule has 1 aliphatic heterocycles. The molecule has 2 aliphatic rings. The fraction of sp³-hybridized carbons (Fsp3) is 0.714. The van der Waals surface area contributed by atoms with Crippen LogP contribution in [0, 0.1) is 5.92 Å². The Morgan fingerprint density at radius 1 is 1.55 bits per heavy atom. The van der Waals surface area contributed by atoms with Gasteiger partial charge in [-0.2, -0.15) is 0 Å². The number of hydrogen-bond acceptors (Lipinski definition) is 4. The number of urea groups is 1. The molecule has 1 N–H and O–H groups in total. The summed E-state index contributed by atoms with van der Waals surface area (Å²) in [4.78, 5) is 18.9. The maximum atomic E-state index is 13.5. The van der Waals surface area contributed by atoms with Gasteiger partial charge in [0.25, 0.3) is 5.92 Å². The third-order valence-electron chi connectivity index (χ3n) is 3.93. The van der Waals surface area contributed by atoms with Gasteiger partial charge in [0.1, 0.15) is 6.61 Å². The van der Waals surface area contributed by atoms with Gasteiger partial charge >= 0.3 is 6.03 Å². The summed E-state index contributed by atoms with van der Waals surface area (Å²) in [5.41, 5.74) is 1.03. The van der Waals surface area contributed by atoms with Crippen molar-refractivity contribution in [2.75, 3.05) is 31.6 Å². The number of carbonyl (C=O) groups is 1. The highest BCUT2D eigenvalue weighted by Crippen LogP contribution is 2.32. The molecule has 0 spiro atoms. The highest BCUT2D eigenvalue weighted by molar-refractivity contribution is 7.15. The van der Waals surface area contributed by atoms with E-state index >= 15 is 0 Å². The molecule has 1 aliphatic carbocycles. The molecular formula is C14H19F2N3O2S. The molecule has 2 heterocycles. The number of rotatable bonds is 1. The number of nitrogens with one attached hydrogen (secondary N) is 1. The molecule has 1 aromatic heterocycles. The zero-order chi connectivity index (χ0) is 15.7. The van der Waals surface area contributed by atoms with Gasteiger partial charge in [-0.1, -0.05) is 6.92 Å². The average Bonchev–Trinajstić information content (AvgIpc) is 2.73. The molecule has 0 aromatic carbocycles. The van der Waals surface area contributed by atoms with Crippen LogP contribution in [0.3, 0.4) is 0 Å². The average molecular weight is 331 g/mol. The first-order valence-electron chi connectivity index (χ1n) is 7.43. The van der Waals surface area contributed by atoms with E-state index in [0.717, 1.165) is 29.9 Å². The third kappa shape index (κ3) is 3.55. The number of ether oxygens (including phenoxy) is 1. The molecule has 8 heteroatoms. The molecule has 1 atom stereocenters. The van der Waals surface area contributed by atoms with Gasteiger partial charge < -0.3 is 9.64 Å². The van der Waals surface area contributed by atoms with Crippen LogP contribution in [0.2, 0.25) is 0 Å². The van der Waals surface area contributed by atoms with Crippen LogP contribution in [-0.2, 0) is 17.6 Å². The van der Waals surface area contributed by atoms with Crippen molar-refractivity contribution < 1.29 is 18.3 Å². The molecule has 2 amide bonds. The Hall–Kier alpha value is -1.28. The lowest BCUT2D eigenvalue weighted by molar-refractivity contribution is -0.0648. The van der Waals surface area contributed by atoms with Crippen molar-refractivity contribution in [1.29, 1.82) is 0 Å². The highest BCUT2D eigenvalue weighted by atomic mass is 32.1. The van der Waals surface area contributed by atoms with Gasteiger partial charge in [-0.25, -0.2) is 18.6 Å². The molecule has 1 aromatic rings. The van der Waals surface area contributed by atoms with E-state index in [2.05, 4.69) is 17.2 Å². The minimum atomic E-state index is -3.01. The first-order valence-corrected chi connectivity index (χ1v) is 8.25. The van der Waals surface area contributed by atoms with Crippen molar-refractivity contribution in [2.45, 2.75) is 32.1 Å². The molecular weight excluding hydrogens is 312 g/mol. The molecule has 5 nitrogen and oxygen atoms in total. The Labute approximate surface area is 131 Å². The van der Waals surface area contributed by atoms with Crippen LogP contribution in [-0.4, -0.2) is 48.1 Å². The number of carbonyl (C=O) groups excluding carboxylic acids is 1. The van der Waals surface area contributed by atoms with Crippen LogP contribution in [0.1, 0.15) is 23.9 Å². The van der Waals surface area contributed by atoms with Crippen LogP contribution >= 0.6 is 11.3 Å². The third-order valence-corrected chi connectivity index (χ3v) is 4.96. The van der Waals surface area contributed by atoms with E-state index in [1.165, 1.54) is 16.2 Å². The van der Waals surface area contributed by atoms with Crippen molar-refractivity contribution in [1.82, 2.24) is 9.88 Å². The summed E-state index contributed by atoms with van der Waals surface area (Å²) in [5.74, 6) is -2.39. The lowest BCUT2D eigenvalue weighted by Crippen LogP contribution is -2.43. The molecule has 1 unspecified atom stereocenters. The molecule has 0 bridgehead atoms. The summed E-state index contributed by atoms with van der Waals surface area (Å²) >= 11 is 1.45. The summed E-state index contributed by atoms with van der Waals surface area (Å²) in [6.45, 7) is 1.21. The highest BCUT2D eigenvalue weighted by Gasteiger charge is 2.36.